The molecule has 0 amide bonds. The Bertz CT molecular complexity index is 750. The first-order valence-corrected chi connectivity index (χ1v) is 6.82. The molecule has 4 nitrogen and oxygen atoms in total. The Hall–Kier alpha value is -2.95. The van der Waals surface area contributed by atoms with E-state index in [-0.39, 0.29) is 0 Å². The van der Waals surface area contributed by atoms with Crippen molar-refractivity contribution in [2.24, 2.45) is 0 Å². The molecule has 0 saturated heterocycles. The minimum atomic E-state index is -0.771. The van der Waals surface area contributed by atoms with Gasteiger partial charge < -0.3 is 10.1 Å². The van der Waals surface area contributed by atoms with E-state index in [0.717, 1.165) is 11.3 Å². The van der Waals surface area contributed by atoms with Crippen molar-refractivity contribution in [1.29, 1.82) is 0 Å². The highest BCUT2D eigenvalue weighted by atomic mass is 19.1. The molecular formula is C17H14FN3O. The van der Waals surface area contributed by atoms with Crippen molar-refractivity contribution in [3.63, 3.8) is 0 Å². The molecule has 0 saturated carbocycles. The number of halogens is 1. The maximum atomic E-state index is 13.0. The molecule has 2 aromatic carbocycles. The van der Waals surface area contributed by atoms with Gasteiger partial charge >= 0.3 is 6.08 Å². The van der Waals surface area contributed by atoms with E-state index in [9.17, 15) is 4.39 Å². The van der Waals surface area contributed by atoms with E-state index in [4.69, 9.17) is 4.74 Å². The first-order valence-electron chi connectivity index (χ1n) is 6.82. The highest BCUT2D eigenvalue weighted by Crippen LogP contribution is 2.27. The lowest BCUT2D eigenvalue weighted by Crippen LogP contribution is -2.01. The number of nitrogens with one attached hydrogen (secondary N) is 1. The zero-order chi connectivity index (χ0) is 15.2. The second-order valence-electron chi connectivity index (χ2n) is 4.61. The molecule has 22 heavy (non-hydrogen) atoms. The monoisotopic (exact) mass is 295 g/mol. The van der Waals surface area contributed by atoms with E-state index in [1.165, 1.54) is 6.20 Å². The van der Waals surface area contributed by atoms with Crippen molar-refractivity contribution in [2.45, 2.75) is 6.61 Å². The number of nitrogens with zero attached hydrogens (tertiary/aromatic N) is 2. The fourth-order valence-corrected chi connectivity index (χ4v) is 1.97. The summed E-state index contributed by atoms with van der Waals surface area (Å²) in [7, 11) is 0. The Kier molecular flexibility index (Phi) is 4.25. The molecule has 0 spiro atoms. The van der Waals surface area contributed by atoms with Crippen molar-refractivity contribution in [1.82, 2.24) is 9.97 Å². The van der Waals surface area contributed by atoms with Gasteiger partial charge in [0.1, 0.15) is 18.2 Å². The van der Waals surface area contributed by atoms with Crippen molar-refractivity contribution >= 4 is 11.5 Å². The van der Waals surface area contributed by atoms with E-state index in [2.05, 4.69) is 15.3 Å². The summed E-state index contributed by atoms with van der Waals surface area (Å²) in [5.41, 5.74) is 1.79. The first-order chi connectivity index (χ1) is 10.8. The summed E-state index contributed by atoms with van der Waals surface area (Å²) < 4.78 is 18.9. The van der Waals surface area contributed by atoms with Crippen LogP contribution in [0.1, 0.15) is 5.56 Å². The van der Waals surface area contributed by atoms with Crippen LogP contribution in [0.5, 0.6) is 5.75 Å². The normalized spacial score (nSPS) is 10.2. The van der Waals surface area contributed by atoms with Gasteiger partial charge in [-0.25, -0.2) is 4.98 Å². The molecule has 0 aliphatic heterocycles. The molecule has 0 aliphatic carbocycles. The topological polar surface area (TPSA) is 47.0 Å². The summed E-state index contributed by atoms with van der Waals surface area (Å²) in [6, 6.07) is 18.9. The first kappa shape index (κ1) is 14.0. The van der Waals surface area contributed by atoms with Crippen molar-refractivity contribution in [3.8, 4) is 5.75 Å². The fraction of sp³-hybridized carbons (Fsp3) is 0.0588. The lowest BCUT2D eigenvalue weighted by atomic mass is 10.2. The zero-order valence-corrected chi connectivity index (χ0v) is 11.7. The molecule has 0 bridgehead atoms. The Balaban J connectivity index is 1.75. The summed E-state index contributed by atoms with van der Waals surface area (Å²) >= 11 is 0. The van der Waals surface area contributed by atoms with Gasteiger partial charge in [-0.2, -0.15) is 9.37 Å². The number of para-hydroxylation sites is 2. The van der Waals surface area contributed by atoms with Gasteiger partial charge in [-0.05, 0) is 23.8 Å². The molecule has 0 atom stereocenters. The van der Waals surface area contributed by atoms with Crippen LogP contribution in [0, 0.1) is 6.08 Å². The van der Waals surface area contributed by atoms with Crippen LogP contribution in [0.4, 0.5) is 15.9 Å². The second-order valence-corrected chi connectivity index (χ2v) is 4.61. The number of anilines is 2. The largest absolute Gasteiger partial charge is 0.487 e. The van der Waals surface area contributed by atoms with Gasteiger partial charge in [0, 0.05) is 6.20 Å². The quantitative estimate of drug-likeness (QED) is 0.724. The average molecular weight is 295 g/mol. The lowest BCUT2D eigenvalue weighted by Gasteiger charge is -2.12. The van der Waals surface area contributed by atoms with E-state index in [1.54, 1.807) is 6.07 Å². The van der Waals surface area contributed by atoms with E-state index in [1.807, 2.05) is 54.6 Å². The molecular weight excluding hydrogens is 281 g/mol. The number of hydrogen-bond donors (Lipinski definition) is 1. The highest BCUT2D eigenvalue weighted by molar-refractivity contribution is 5.63. The van der Waals surface area contributed by atoms with Crippen LogP contribution in [0.3, 0.4) is 0 Å². The SMILES string of the molecule is Fc1nccc(Nc2ccccc2OCc2ccccc2)n1. The highest BCUT2D eigenvalue weighted by Gasteiger charge is 2.05. The molecule has 5 heteroatoms. The Morgan fingerprint density at radius 1 is 0.955 bits per heavy atom. The standard InChI is InChI=1S/C17H14FN3O/c18-17-19-11-10-16(21-17)20-14-8-4-5-9-15(14)22-12-13-6-2-1-3-7-13/h1-11H,12H2,(H,19,20,21). The van der Waals surface area contributed by atoms with Crippen LogP contribution >= 0.6 is 0 Å². The van der Waals surface area contributed by atoms with Crippen LogP contribution in [0.2, 0.25) is 0 Å². The maximum absolute atomic E-state index is 13.0. The van der Waals surface area contributed by atoms with Crippen LogP contribution in [0.15, 0.2) is 66.9 Å². The van der Waals surface area contributed by atoms with Gasteiger partial charge in [-0.15, -0.1) is 0 Å². The third-order valence-corrected chi connectivity index (χ3v) is 3.01. The molecule has 3 rings (SSSR count). The Labute approximate surface area is 127 Å². The number of ether oxygens (including phenoxy) is 1. The number of aromatic nitrogens is 2. The van der Waals surface area contributed by atoms with E-state index in [0.29, 0.717) is 18.2 Å². The van der Waals surface area contributed by atoms with Gasteiger partial charge in [0.25, 0.3) is 0 Å². The van der Waals surface area contributed by atoms with Gasteiger partial charge in [0.05, 0.1) is 5.69 Å². The Morgan fingerprint density at radius 2 is 1.73 bits per heavy atom. The van der Waals surface area contributed by atoms with Crippen LogP contribution in [-0.2, 0) is 6.61 Å². The molecule has 3 aromatic rings. The predicted molar refractivity (Wildman–Crippen MR) is 82.5 cm³/mol. The van der Waals surface area contributed by atoms with Crippen molar-refractivity contribution in [3.05, 3.63) is 78.5 Å². The third kappa shape index (κ3) is 3.58. The van der Waals surface area contributed by atoms with Crippen LogP contribution < -0.4 is 10.1 Å². The van der Waals surface area contributed by atoms with Gasteiger partial charge in [0.15, 0.2) is 0 Å². The van der Waals surface area contributed by atoms with Crippen LogP contribution in [0.25, 0.3) is 0 Å². The van der Waals surface area contributed by atoms with Gasteiger partial charge in [-0.1, -0.05) is 42.5 Å². The van der Waals surface area contributed by atoms with Crippen LogP contribution in [-0.4, -0.2) is 9.97 Å². The minimum absolute atomic E-state index is 0.378. The summed E-state index contributed by atoms with van der Waals surface area (Å²) in [4.78, 5) is 7.11. The fourth-order valence-electron chi connectivity index (χ4n) is 1.97. The maximum Gasteiger partial charge on any atom is 0.310 e. The molecule has 0 unspecified atom stereocenters. The summed E-state index contributed by atoms with van der Waals surface area (Å²) in [5.74, 6) is 1.05. The van der Waals surface area contributed by atoms with E-state index >= 15 is 0 Å². The van der Waals surface area contributed by atoms with Gasteiger partial charge in [0.2, 0.25) is 0 Å². The Morgan fingerprint density at radius 3 is 2.55 bits per heavy atom. The van der Waals surface area contributed by atoms with Crippen molar-refractivity contribution < 1.29 is 9.13 Å². The predicted octanol–water partition coefficient (Wildman–Crippen LogP) is 3.94. The minimum Gasteiger partial charge on any atom is -0.487 e. The molecule has 1 N–H and O–H groups in total. The number of hydrogen-bond acceptors (Lipinski definition) is 4. The number of benzene rings is 2. The second kappa shape index (κ2) is 6.67. The molecule has 110 valence electrons. The summed E-state index contributed by atoms with van der Waals surface area (Å²) in [6.45, 7) is 0.456. The molecule has 0 radical (unpaired) electrons. The number of rotatable bonds is 5. The van der Waals surface area contributed by atoms with Gasteiger partial charge in [-0.3, -0.25) is 0 Å². The molecule has 1 heterocycles. The molecule has 1 aromatic heterocycles. The molecule has 0 fully saturated rings. The van der Waals surface area contributed by atoms with E-state index < -0.39 is 6.08 Å². The summed E-state index contributed by atoms with van der Waals surface area (Å²) in [5, 5.41) is 3.03. The van der Waals surface area contributed by atoms with Crippen molar-refractivity contribution in [2.75, 3.05) is 5.32 Å². The third-order valence-electron chi connectivity index (χ3n) is 3.01. The average Bonchev–Trinajstić information content (AvgIpc) is 2.55. The lowest BCUT2D eigenvalue weighted by molar-refractivity contribution is 0.308. The summed E-state index contributed by atoms with van der Waals surface area (Å²) in [6.07, 6.45) is 0.589. The smallest absolute Gasteiger partial charge is 0.310 e. The molecule has 0 aliphatic rings. The zero-order valence-electron chi connectivity index (χ0n) is 11.7.